The molecule has 0 aliphatic rings. The summed E-state index contributed by atoms with van der Waals surface area (Å²) in [6.45, 7) is 2.97. The predicted molar refractivity (Wildman–Crippen MR) is 58.2 cm³/mol. The van der Waals surface area contributed by atoms with Crippen LogP contribution in [0.25, 0.3) is 0 Å². The van der Waals surface area contributed by atoms with Crippen molar-refractivity contribution in [2.75, 3.05) is 11.9 Å². The average molecular weight is 266 g/mol. The summed E-state index contributed by atoms with van der Waals surface area (Å²) in [6, 6.07) is -0.638. The monoisotopic (exact) mass is 266 g/mol. The average Bonchev–Trinajstić information content (AvgIpc) is 2.65. The lowest BCUT2D eigenvalue weighted by Gasteiger charge is -2.22. The number of nitrogens with one attached hydrogen (secondary N) is 2. The van der Waals surface area contributed by atoms with Crippen molar-refractivity contribution >= 4 is 22.5 Å². The van der Waals surface area contributed by atoms with Gasteiger partial charge in [-0.15, -0.1) is 10.2 Å². The van der Waals surface area contributed by atoms with E-state index in [2.05, 4.69) is 20.8 Å². The minimum Gasteiger partial charge on any atom is -0.394 e. The number of carbonyl (C=O) groups excluding carboxylic acids is 1. The van der Waals surface area contributed by atoms with Gasteiger partial charge in [0, 0.05) is 0 Å². The van der Waals surface area contributed by atoms with Gasteiger partial charge in [0.15, 0.2) is 5.01 Å². The van der Waals surface area contributed by atoms with Crippen molar-refractivity contribution in [2.45, 2.75) is 25.8 Å². The third kappa shape index (κ3) is 4.19. The summed E-state index contributed by atoms with van der Waals surface area (Å²) in [5.74, 6) is 0. The Morgan fingerprint density at radius 3 is 2.65 bits per heavy atom. The lowest BCUT2D eigenvalue weighted by Crippen LogP contribution is -2.48. The van der Waals surface area contributed by atoms with E-state index < -0.39 is 23.0 Å². The highest BCUT2D eigenvalue weighted by Gasteiger charge is 2.20. The Hall–Kier alpha value is -1.35. The Balaban J connectivity index is 2.56. The van der Waals surface area contributed by atoms with Crippen molar-refractivity contribution in [2.24, 2.45) is 0 Å². The van der Waals surface area contributed by atoms with Crippen LogP contribution in [0.5, 0.6) is 0 Å². The zero-order chi connectivity index (χ0) is 13.1. The maximum absolute atomic E-state index is 12.2. The van der Waals surface area contributed by atoms with Gasteiger partial charge in [-0.3, -0.25) is 5.32 Å². The molecule has 0 aliphatic carbocycles. The first-order valence-corrected chi connectivity index (χ1v) is 5.47. The summed E-state index contributed by atoms with van der Waals surface area (Å²) < 4.78 is 24.4. The smallest absolute Gasteiger partial charge is 0.321 e. The fourth-order valence-electron chi connectivity index (χ4n) is 0.849. The molecule has 2 amide bonds. The molecule has 0 radical (unpaired) electrons. The second-order valence-corrected chi connectivity index (χ2v) is 4.88. The van der Waals surface area contributed by atoms with Gasteiger partial charge in [-0.2, -0.15) is 0 Å². The first-order chi connectivity index (χ1) is 7.84. The summed E-state index contributed by atoms with van der Waals surface area (Å²) in [4.78, 5) is 11.4. The van der Waals surface area contributed by atoms with Crippen LogP contribution in [-0.2, 0) is 0 Å². The SMILES string of the molecule is CC(C)(CO)NC(=O)Nc1nnc(C(F)F)s1. The quantitative estimate of drug-likeness (QED) is 0.768. The topological polar surface area (TPSA) is 87.1 Å². The van der Waals surface area contributed by atoms with Crippen LogP contribution in [0.1, 0.15) is 25.3 Å². The van der Waals surface area contributed by atoms with Crippen LogP contribution in [0.4, 0.5) is 18.7 Å². The highest BCUT2D eigenvalue weighted by molar-refractivity contribution is 7.15. The molecule has 0 aromatic carbocycles. The molecule has 1 rings (SSSR count). The second-order valence-electron chi connectivity index (χ2n) is 3.87. The zero-order valence-corrected chi connectivity index (χ0v) is 10.0. The molecule has 17 heavy (non-hydrogen) atoms. The number of aliphatic hydroxyl groups is 1. The van der Waals surface area contributed by atoms with Crippen molar-refractivity contribution in [3.05, 3.63) is 5.01 Å². The van der Waals surface area contributed by atoms with Gasteiger partial charge < -0.3 is 10.4 Å². The van der Waals surface area contributed by atoms with E-state index in [0.29, 0.717) is 11.3 Å². The highest BCUT2D eigenvalue weighted by Crippen LogP contribution is 2.24. The summed E-state index contributed by atoms with van der Waals surface area (Å²) >= 11 is 0.596. The standard InChI is InChI=1S/C8H12F2N4O2S/c1-8(2,3-15)12-6(16)11-7-14-13-5(17-7)4(9)10/h4,15H,3H2,1-2H3,(H2,11,12,14,16). The molecule has 0 bridgehead atoms. The second kappa shape index (κ2) is 5.32. The van der Waals surface area contributed by atoms with Crippen molar-refractivity contribution in [1.29, 1.82) is 0 Å². The number of aromatic nitrogens is 2. The predicted octanol–water partition coefficient (Wildman–Crippen LogP) is 1.37. The summed E-state index contributed by atoms with van der Waals surface area (Å²) in [5, 5.41) is 19.7. The number of hydrogen-bond donors (Lipinski definition) is 3. The van der Waals surface area contributed by atoms with Crippen LogP contribution in [0, 0.1) is 0 Å². The molecular weight excluding hydrogens is 254 g/mol. The van der Waals surface area contributed by atoms with Gasteiger partial charge in [0.05, 0.1) is 12.1 Å². The molecular formula is C8H12F2N4O2S. The summed E-state index contributed by atoms with van der Waals surface area (Å²) in [5.41, 5.74) is -0.805. The largest absolute Gasteiger partial charge is 0.394 e. The Bertz CT molecular complexity index is 397. The maximum Gasteiger partial charge on any atom is 0.321 e. The van der Waals surface area contributed by atoms with E-state index in [1.165, 1.54) is 0 Å². The highest BCUT2D eigenvalue weighted by atomic mass is 32.1. The van der Waals surface area contributed by atoms with E-state index in [-0.39, 0.29) is 11.7 Å². The van der Waals surface area contributed by atoms with Crippen LogP contribution in [0.15, 0.2) is 0 Å². The van der Waals surface area contributed by atoms with E-state index in [1.54, 1.807) is 13.8 Å². The maximum atomic E-state index is 12.2. The Labute approximate surface area is 100 Å². The number of hydrogen-bond acceptors (Lipinski definition) is 5. The van der Waals surface area contributed by atoms with E-state index in [4.69, 9.17) is 5.11 Å². The first kappa shape index (κ1) is 13.7. The minimum absolute atomic E-state index is 0.0217. The zero-order valence-electron chi connectivity index (χ0n) is 9.20. The number of anilines is 1. The number of urea groups is 1. The van der Waals surface area contributed by atoms with Gasteiger partial charge in [-0.1, -0.05) is 11.3 Å². The van der Waals surface area contributed by atoms with E-state index in [1.807, 2.05) is 0 Å². The van der Waals surface area contributed by atoms with Gasteiger partial charge in [-0.05, 0) is 13.8 Å². The van der Waals surface area contributed by atoms with Crippen molar-refractivity contribution < 1.29 is 18.7 Å². The van der Waals surface area contributed by atoms with Crippen LogP contribution in [-0.4, -0.2) is 33.5 Å². The number of aliphatic hydroxyl groups excluding tert-OH is 1. The van der Waals surface area contributed by atoms with E-state index >= 15 is 0 Å². The van der Waals surface area contributed by atoms with Crippen LogP contribution >= 0.6 is 11.3 Å². The Morgan fingerprint density at radius 1 is 1.53 bits per heavy atom. The first-order valence-electron chi connectivity index (χ1n) is 4.65. The minimum atomic E-state index is -2.71. The van der Waals surface area contributed by atoms with E-state index in [0.717, 1.165) is 0 Å². The molecule has 0 saturated carbocycles. The van der Waals surface area contributed by atoms with Crippen molar-refractivity contribution in [3.8, 4) is 0 Å². The molecule has 1 heterocycles. The number of rotatable bonds is 4. The van der Waals surface area contributed by atoms with Crippen molar-refractivity contribution in [3.63, 3.8) is 0 Å². The third-order valence-electron chi connectivity index (χ3n) is 1.69. The number of amides is 2. The van der Waals surface area contributed by atoms with Gasteiger partial charge in [0.2, 0.25) is 5.13 Å². The molecule has 1 aromatic heterocycles. The van der Waals surface area contributed by atoms with Gasteiger partial charge >= 0.3 is 6.03 Å². The third-order valence-corrected chi connectivity index (χ3v) is 2.54. The van der Waals surface area contributed by atoms with Crippen LogP contribution in [0.2, 0.25) is 0 Å². The fraction of sp³-hybridized carbons (Fsp3) is 0.625. The van der Waals surface area contributed by atoms with Crippen LogP contribution < -0.4 is 10.6 Å². The fourth-order valence-corrected chi connectivity index (χ4v) is 1.44. The van der Waals surface area contributed by atoms with Crippen LogP contribution in [0.3, 0.4) is 0 Å². The lowest BCUT2D eigenvalue weighted by atomic mass is 10.1. The molecule has 9 heteroatoms. The Kier molecular flexibility index (Phi) is 4.29. The van der Waals surface area contributed by atoms with Gasteiger partial charge in [0.1, 0.15) is 0 Å². The van der Waals surface area contributed by atoms with Gasteiger partial charge in [-0.25, -0.2) is 13.6 Å². The summed E-state index contributed by atoms with van der Waals surface area (Å²) in [6.07, 6.45) is -2.71. The van der Waals surface area contributed by atoms with Gasteiger partial charge in [0.25, 0.3) is 6.43 Å². The molecule has 0 atom stereocenters. The molecule has 0 fully saturated rings. The number of nitrogens with zero attached hydrogens (tertiary/aromatic N) is 2. The molecule has 6 nitrogen and oxygen atoms in total. The van der Waals surface area contributed by atoms with E-state index in [9.17, 15) is 13.6 Å². The molecule has 96 valence electrons. The molecule has 0 spiro atoms. The molecule has 0 unspecified atom stereocenters. The molecule has 1 aromatic rings. The van der Waals surface area contributed by atoms with Crippen molar-refractivity contribution in [1.82, 2.24) is 15.5 Å². The molecule has 0 aliphatic heterocycles. The molecule has 0 saturated heterocycles. The number of alkyl halides is 2. The molecule has 3 N–H and O–H groups in total. The number of halogens is 2. The lowest BCUT2D eigenvalue weighted by molar-refractivity contribution is 0.150. The Morgan fingerprint density at radius 2 is 2.18 bits per heavy atom. The normalized spacial score (nSPS) is 11.6. The number of carbonyl (C=O) groups is 1. The summed E-state index contributed by atoms with van der Waals surface area (Å²) in [7, 11) is 0.